The highest BCUT2D eigenvalue weighted by molar-refractivity contribution is 7.90. The number of methoxy groups -OCH3 is 1. The minimum atomic E-state index is -3.66. The standard InChI is InChI=1S/C16H23FN2O4S/c1-11-8-12(10-23-2)9-14(15(11)17)16(20)18-19-24(21,22)13-6-4-3-5-7-13/h8-9,13,19H,3-7,10H2,1-2H3,(H,18,20). The molecule has 0 aliphatic heterocycles. The van der Waals surface area contributed by atoms with E-state index in [0.717, 1.165) is 19.3 Å². The van der Waals surface area contributed by atoms with Gasteiger partial charge in [0, 0.05) is 7.11 Å². The fourth-order valence-electron chi connectivity index (χ4n) is 2.90. The van der Waals surface area contributed by atoms with E-state index in [4.69, 9.17) is 4.74 Å². The minimum absolute atomic E-state index is 0.214. The number of nitrogens with one attached hydrogen (secondary N) is 2. The van der Waals surface area contributed by atoms with Crippen LogP contribution in [0.25, 0.3) is 0 Å². The Labute approximate surface area is 141 Å². The van der Waals surface area contributed by atoms with Crippen LogP contribution in [0.3, 0.4) is 0 Å². The zero-order valence-corrected chi connectivity index (χ0v) is 14.7. The van der Waals surface area contributed by atoms with Gasteiger partial charge in [0.25, 0.3) is 5.91 Å². The molecule has 2 N–H and O–H groups in total. The molecule has 0 saturated heterocycles. The van der Waals surface area contributed by atoms with Gasteiger partial charge in [0.05, 0.1) is 17.4 Å². The summed E-state index contributed by atoms with van der Waals surface area (Å²) in [5, 5.41) is -0.516. The maximum Gasteiger partial charge on any atom is 0.269 e. The van der Waals surface area contributed by atoms with Gasteiger partial charge in [0.2, 0.25) is 10.0 Å². The number of carbonyl (C=O) groups is 1. The van der Waals surface area contributed by atoms with E-state index in [2.05, 4.69) is 10.3 Å². The molecule has 1 fully saturated rings. The molecule has 6 nitrogen and oxygen atoms in total. The molecule has 1 aliphatic rings. The second-order valence-corrected chi connectivity index (χ2v) is 8.03. The lowest BCUT2D eigenvalue weighted by atomic mass is 10.0. The first-order valence-electron chi connectivity index (χ1n) is 7.94. The summed E-state index contributed by atoms with van der Waals surface area (Å²) in [4.78, 5) is 14.3. The average Bonchev–Trinajstić information content (AvgIpc) is 2.57. The molecule has 0 bridgehead atoms. The van der Waals surface area contributed by atoms with Crippen LogP contribution in [0.1, 0.15) is 53.6 Å². The number of hydrogen-bond acceptors (Lipinski definition) is 4. The van der Waals surface area contributed by atoms with Crippen molar-refractivity contribution in [2.24, 2.45) is 0 Å². The Morgan fingerprint density at radius 1 is 1.29 bits per heavy atom. The van der Waals surface area contributed by atoms with Crippen LogP contribution in [0, 0.1) is 12.7 Å². The van der Waals surface area contributed by atoms with Gasteiger partial charge in [0.1, 0.15) is 5.82 Å². The third-order valence-electron chi connectivity index (χ3n) is 4.17. The van der Waals surface area contributed by atoms with Gasteiger partial charge in [0.15, 0.2) is 0 Å². The Morgan fingerprint density at radius 3 is 2.58 bits per heavy atom. The zero-order chi connectivity index (χ0) is 17.7. The molecule has 1 aliphatic carbocycles. The molecule has 0 aromatic heterocycles. The number of carbonyl (C=O) groups excluding carboxylic acids is 1. The number of aryl methyl sites for hydroxylation is 1. The molecule has 0 heterocycles. The van der Waals surface area contributed by atoms with Crippen molar-refractivity contribution in [2.45, 2.75) is 50.9 Å². The van der Waals surface area contributed by atoms with Crippen molar-refractivity contribution in [1.82, 2.24) is 10.3 Å². The lowest BCUT2D eigenvalue weighted by molar-refractivity contribution is 0.0940. The van der Waals surface area contributed by atoms with Gasteiger partial charge in [-0.15, -0.1) is 4.83 Å². The molecule has 0 unspecified atom stereocenters. The van der Waals surface area contributed by atoms with E-state index >= 15 is 0 Å². The number of hydrogen-bond donors (Lipinski definition) is 2. The first kappa shape index (κ1) is 18.8. The van der Waals surface area contributed by atoms with Crippen LogP contribution in [0.2, 0.25) is 0 Å². The summed E-state index contributed by atoms with van der Waals surface area (Å²) in [5.41, 5.74) is 2.83. The van der Waals surface area contributed by atoms with Crippen molar-refractivity contribution in [1.29, 1.82) is 0 Å². The maximum atomic E-state index is 14.2. The summed E-state index contributed by atoms with van der Waals surface area (Å²) in [6.45, 7) is 1.77. The monoisotopic (exact) mass is 358 g/mol. The van der Waals surface area contributed by atoms with Gasteiger partial charge in [-0.2, -0.15) is 0 Å². The highest BCUT2D eigenvalue weighted by Crippen LogP contribution is 2.23. The van der Waals surface area contributed by atoms with Gasteiger partial charge in [-0.1, -0.05) is 25.3 Å². The molecule has 1 aromatic carbocycles. The van der Waals surface area contributed by atoms with Crippen molar-refractivity contribution in [3.05, 3.63) is 34.6 Å². The van der Waals surface area contributed by atoms with Crippen LogP contribution >= 0.6 is 0 Å². The number of benzene rings is 1. The van der Waals surface area contributed by atoms with Crippen molar-refractivity contribution in [2.75, 3.05) is 7.11 Å². The van der Waals surface area contributed by atoms with E-state index < -0.39 is 27.0 Å². The topological polar surface area (TPSA) is 84.5 Å². The van der Waals surface area contributed by atoms with Gasteiger partial charge in [-0.05, 0) is 37.0 Å². The second kappa shape index (κ2) is 8.04. The summed E-state index contributed by atoms with van der Waals surface area (Å²) in [5.74, 6) is -1.50. The van der Waals surface area contributed by atoms with Crippen molar-refractivity contribution in [3.8, 4) is 0 Å². The number of rotatable bonds is 6. The quantitative estimate of drug-likeness (QED) is 0.764. The molecule has 1 saturated carbocycles. The molecule has 134 valence electrons. The molecule has 1 aromatic rings. The Balaban J connectivity index is 2.09. The highest BCUT2D eigenvalue weighted by Gasteiger charge is 2.28. The Kier molecular flexibility index (Phi) is 6.31. The van der Waals surface area contributed by atoms with Crippen LogP contribution < -0.4 is 10.3 Å². The summed E-state index contributed by atoms with van der Waals surface area (Å²) >= 11 is 0. The maximum absolute atomic E-state index is 14.2. The summed E-state index contributed by atoms with van der Waals surface area (Å²) in [7, 11) is -2.16. The molecule has 1 amide bonds. The number of halogens is 1. The molecule has 2 rings (SSSR count). The number of hydrazine groups is 1. The van der Waals surface area contributed by atoms with E-state index in [9.17, 15) is 17.6 Å². The fourth-order valence-corrected chi connectivity index (χ4v) is 4.26. The van der Waals surface area contributed by atoms with Gasteiger partial charge in [-0.25, -0.2) is 12.8 Å². The highest BCUT2D eigenvalue weighted by atomic mass is 32.2. The average molecular weight is 358 g/mol. The van der Waals surface area contributed by atoms with E-state index in [0.29, 0.717) is 24.0 Å². The molecule has 8 heteroatoms. The smallest absolute Gasteiger partial charge is 0.269 e. The Hall–Kier alpha value is -1.51. The number of sulfonamides is 1. The molecular formula is C16H23FN2O4S. The van der Waals surface area contributed by atoms with E-state index in [1.54, 1.807) is 6.07 Å². The third kappa shape index (κ3) is 4.52. The number of ether oxygens (including phenoxy) is 1. The number of amides is 1. The lowest BCUT2D eigenvalue weighted by Crippen LogP contribution is -2.46. The van der Waals surface area contributed by atoms with Gasteiger partial charge in [-0.3, -0.25) is 10.2 Å². The largest absolute Gasteiger partial charge is 0.380 e. The predicted molar refractivity (Wildman–Crippen MR) is 88.2 cm³/mol. The molecule has 0 spiro atoms. The Morgan fingerprint density at radius 2 is 1.96 bits per heavy atom. The van der Waals surface area contributed by atoms with E-state index in [1.807, 2.05) is 0 Å². The first-order valence-corrected chi connectivity index (χ1v) is 9.48. The molecule has 24 heavy (non-hydrogen) atoms. The summed E-state index contributed by atoms with van der Waals surface area (Å²) < 4.78 is 43.6. The molecular weight excluding hydrogens is 335 g/mol. The van der Waals surface area contributed by atoms with Crippen molar-refractivity contribution >= 4 is 15.9 Å². The van der Waals surface area contributed by atoms with Crippen LogP contribution in [0.15, 0.2) is 12.1 Å². The van der Waals surface area contributed by atoms with Gasteiger partial charge < -0.3 is 4.74 Å². The summed E-state index contributed by atoms with van der Waals surface area (Å²) in [6.07, 6.45) is 3.87. The molecule has 0 atom stereocenters. The lowest BCUT2D eigenvalue weighted by Gasteiger charge is -2.22. The summed E-state index contributed by atoms with van der Waals surface area (Å²) in [6, 6.07) is 2.94. The Bertz CT molecular complexity index is 700. The first-order chi connectivity index (χ1) is 11.3. The SMILES string of the molecule is COCc1cc(C)c(F)c(C(=O)NNS(=O)(=O)C2CCCCC2)c1. The van der Waals surface area contributed by atoms with Crippen molar-refractivity contribution in [3.63, 3.8) is 0 Å². The van der Waals surface area contributed by atoms with Crippen LogP contribution in [-0.2, 0) is 21.4 Å². The third-order valence-corrected chi connectivity index (χ3v) is 5.90. The predicted octanol–water partition coefficient (Wildman–Crippen LogP) is 2.18. The normalized spacial score (nSPS) is 16.1. The second-order valence-electron chi connectivity index (χ2n) is 6.07. The fraction of sp³-hybridized carbons (Fsp3) is 0.562. The van der Waals surface area contributed by atoms with Crippen molar-refractivity contribution < 1.29 is 22.3 Å². The molecule has 0 radical (unpaired) electrons. The van der Waals surface area contributed by atoms with Crippen LogP contribution in [0.5, 0.6) is 0 Å². The minimum Gasteiger partial charge on any atom is -0.380 e. The van der Waals surface area contributed by atoms with Crippen LogP contribution in [-0.4, -0.2) is 26.7 Å². The van der Waals surface area contributed by atoms with Gasteiger partial charge >= 0.3 is 0 Å². The van der Waals surface area contributed by atoms with E-state index in [-0.39, 0.29) is 12.2 Å². The van der Waals surface area contributed by atoms with Crippen LogP contribution in [0.4, 0.5) is 4.39 Å². The van der Waals surface area contributed by atoms with E-state index in [1.165, 1.54) is 20.1 Å². The zero-order valence-electron chi connectivity index (χ0n) is 13.9.